The van der Waals surface area contributed by atoms with Crippen molar-refractivity contribution in [1.82, 2.24) is 0 Å². The van der Waals surface area contributed by atoms with Crippen LogP contribution in [0.4, 0.5) is 0 Å². The van der Waals surface area contributed by atoms with Gasteiger partial charge in [-0.25, -0.2) is 0 Å². The van der Waals surface area contributed by atoms with Crippen LogP contribution in [0.2, 0.25) is 0 Å². The standard InChI is InChI=1S/C48H36O4Te/c49-45-25-21-37(29-41(45)33-13-5-1-6-14-33)53(38-22-26-46(50)42(30-38)34-15-7-2-8-16-34,39-23-27-47(51)43(31-39)35-17-9-3-10-18-35)40-24-28-48(52)44(32-40)36-19-11-4-12-20-36/h1-32,49-52H. The minimum atomic E-state index is -4.37. The molecule has 0 fully saturated rings. The Hall–Kier alpha value is -6.25. The Balaban J connectivity index is 1.53. The summed E-state index contributed by atoms with van der Waals surface area (Å²) in [5.74, 6) is 0.662. The molecule has 8 aromatic carbocycles. The van der Waals surface area contributed by atoms with Crippen LogP contribution in [0, 0.1) is 0 Å². The van der Waals surface area contributed by atoms with Gasteiger partial charge >= 0.3 is 315 Å². The summed E-state index contributed by atoms with van der Waals surface area (Å²) >= 11 is -4.37. The predicted molar refractivity (Wildman–Crippen MR) is 218 cm³/mol. The number of hydrogen-bond donors (Lipinski definition) is 4. The van der Waals surface area contributed by atoms with Crippen LogP contribution in [-0.4, -0.2) is 38.6 Å². The van der Waals surface area contributed by atoms with Gasteiger partial charge in [-0.2, -0.15) is 0 Å². The maximum atomic E-state index is 11.4. The second kappa shape index (κ2) is 14.4. The van der Waals surface area contributed by atoms with Gasteiger partial charge in [0.25, 0.3) is 0 Å². The van der Waals surface area contributed by atoms with Crippen molar-refractivity contribution in [3.63, 3.8) is 0 Å². The van der Waals surface area contributed by atoms with E-state index in [-0.39, 0.29) is 23.0 Å². The Morgan fingerprint density at radius 1 is 0.245 bits per heavy atom. The van der Waals surface area contributed by atoms with Crippen LogP contribution in [0.1, 0.15) is 0 Å². The first-order valence-electron chi connectivity index (χ1n) is 17.3. The number of rotatable bonds is 8. The summed E-state index contributed by atoms with van der Waals surface area (Å²) in [5.41, 5.74) is 6.32. The summed E-state index contributed by atoms with van der Waals surface area (Å²) < 4.78 is 4.07. The zero-order valence-corrected chi connectivity index (χ0v) is 31.0. The first kappa shape index (κ1) is 33.9. The van der Waals surface area contributed by atoms with Crippen molar-refractivity contribution in [2.45, 2.75) is 0 Å². The van der Waals surface area contributed by atoms with E-state index in [1.807, 2.05) is 146 Å². The fourth-order valence-electron chi connectivity index (χ4n) is 7.03. The van der Waals surface area contributed by atoms with Gasteiger partial charge < -0.3 is 0 Å². The van der Waals surface area contributed by atoms with E-state index >= 15 is 0 Å². The summed E-state index contributed by atoms with van der Waals surface area (Å²) in [7, 11) is 0. The Morgan fingerprint density at radius 3 is 0.660 bits per heavy atom. The molecule has 0 aliphatic carbocycles. The summed E-state index contributed by atoms with van der Waals surface area (Å²) in [6.45, 7) is 0. The van der Waals surface area contributed by atoms with Crippen molar-refractivity contribution < 1.29 is 20.4 Å². The molecule has 0 spiro atoms. The van der Waals surface area contributed by atoms with E-state index < -0.39 is 18.2 Å². The van der Waals surface area contributed by atoms with E-state index in [2.05, 4.69) is 24.3 Å². The van der Waals surface area contributed by atoms with E-state index in [1.54, 1.807) is 24.3 Å². The Morgan fingerprint density at radius 2 is 0.453 bits per heavy atom. The first-order valence-corrected chi connectivity index (χ1v) is 22.0. The van der Waals surface area contributed by atoms with Crippen LogP contribution in [0.15, 0.2) is 194 Å². The Kier molecular flexibility index (Phi) is 9.21. The molecule has 258 valence electrons. The molecule has 0 bridgehead atoms. The average Bonchev–Trinajstić information content (AvgIpc) is 3.21. The van der Waals surface area contributed by atoms with Gasteiger partial charge in [-0.05, 0) is 0 Å². The predicted octanol–water partition coefficient (Wildman–Crippen LogP) is 8.55. The molecule has 0 heterocycles. The number of phenolic OH excluding ortho intramolecular Hbond substituents is 4. The number of hydrogen-bond acceptors (Lipinski definition) is 4. The van der Waals surface area contributed by atoms with Gasteiger partial charge in [0.15, 0.2) is 0 Å². The fraction of sp³-hybridized carbons (Fsp3) is 0. The Bertz CT molecular complexity index is 2180. The molecule has 4 nitrogen and oxygen atoms in total. The molecule has 8 aromatic rings. The van der Waals surface area contributed by atoms with Gasteiger partial charge in [0, 0.05) is 0 Å². The van der Waals surface area contributed by atoms with E-state index in [0.29, 0.717) is 22.3 Å². The summed E-state index contributed by atoms with van der Waals surface area (Å²) in [4.78, 5) is 0. The van der Waals surface area contributed by atoms with E-state index in [1.165, 1.54) is 0 Å². The van der Waals surface area contributed by atoms with Crippen molar-refractivity contribution in [3.8, 4) is 67.5 Å². The van der Waals surface area contributed by atoms with Gasteiger partial charge in [0.1, 0.15) is 0 Å². The second-order valence-electron chi connectivity index (χ2n) is 12.8. The summed E-state index contributed by atoms with van der Waals surface area (Å²) in [6, 6.07) is 63.0. The van der Waals surface area contributed by atoms with Crippen molar-refractivity contribution in [2.75, 3.05) is 0 Å². The van der Waals surface area contributed by atoms with Gasteiger partial charge in [-0.3, -0.25) is 0 Å². The monoisotopic (exact) mass is 806 g/mol. The summed E-state index contributed by atoms with van der Waals surface area (Å²) in [6.07, 6.45) is 0. The first-order chi connectivity index (χ1) is 25.9. The summed E-state index contributed by atoms with van der Waals surface area (Å²) in [5, 5.41) is 45.5. The van der Waals surface area contributed by atoms with Crippen molar-refractivity contribution >= 4 is 32.6 Å². The van der Waals surface area contributed by atoms with Crippen LogP contribution in [0.25, 0.3) is 44.5 Å². The van der Waals surface area contributed by atoms with Crippen LogP contribution in [0.5, 0.6) is 23.0 Å². The third-order valence-electron chi connectivity index (χ3n) is 9.63. The molecule has 0 aliphatic heterocycles. The van der Waals surface area contributed by atoms with E-state index in [4.69, 9.17) is 0 Å². The molecule has 0 unspecified atom stereocenters. The number of aromatic hydroxyl groups is 4. The third-order valence-corrected chi connectivity index (χ3v) is 20.6. The van der Waals surface area contributed by atoms with Gasteiger partial charge in [0.2, 0.25) is 0 Å². The molecule has 0 saturated carbocycles. The SMILES string of the molecule is Oc1ccc([Te](c2ccc(O)c(-c3ccccc3)c2)(c2ccc(O)c(-c3ccccc3)c2)c2ccc(O)c(-c3ccccc3)c2)cc1-c1ccccc1. The van der Waals surface area contributed by atoms with E-state index in [0.717, 1.165) is 36.7 Å². The Labute approximate surface area is 313 Å². The molecule has 0 saturated heterocycles. The van der Waals surface area contributed by atoms with Crippen LogP contribution in [0.3, 0.4) is 0 Å². The minimum absolute atomic E-state index is 0.165. The molecule has 5 heteroatoms. The fourth-order valence-corrected chi connectivity index (χ4v) is 18.2. The van der Waals surface area contributed by atoms with Crippen LogP contribution < -0.4 is 14.4 Å². The molecule has 8 rings (SSSR count). The average molecular weight is 804 g/mol. The van der Waals surface area contributed by atoms with Crippen LogP contribution in [-0.2, 0) is 0 Å². The van der Waals surface area contributed by atoms with Crippen molar-refractivity contribution in [3.05, 3.63) is 194 Å². The zero-order valence-electron chi connectivity index (χ0n) is 28.7. The quantitative estimate of drug-likeness (QED) is 0.116. The molecule has 0 amide bonds. The van der Waals surface area contributed by atoms with Gasteiger partial charge in [-0.1, -0.05) is 0 Å². The number of phenols is 4. The third kappa shape index (κ3) is 6.32. The zero-order chi connectivity index (χ0) is 36.4. The number of benzene rings is 8. The van der Waals surface area contributed by atoms with Crippen molar-refractivity contribution in [1.29, 1.82) is 0 Å². The van der Waals surface area contributed by atoms with E-state index in [9.17, 15) is 20.4 Å². The topological polar surface area (TPSA) is 80.9 Å². The molecular formula is C48H36O4Te. The molecule has 53 heavy (non-hydrogen) atoms. The second-order valence-corrected chi connectivity index (χ2v) is 21.7. The molecule has 4 N–H and O–H groups in total. The normalized spacial score (nSPS) is 11.6. The molecule has 0 aromatic heterocycles. The molecule has 0 radical (unpaired) electrons. The molecule has 0 aliphatic rings. The van der Waals surface area contributed by atoms with Gasteiger partial charge in [0.05, 0.1) is 0 Å². The maximum absolute atomic E-state index is 11.4. The molecular weight excluding hydrogens is 768 g/mol. The molecule has 0 atom stereocenters. The van der Waals surface area contributed by atoms with Gasteiger partial charge in [-0.15, -0.1) is 0 Å². The van der Waals surface area contributed by atoms with Crippen molar-refractivity contribution in [2.24, 2.45) is 0 Å². The van der Waals surface area contributed by atoms with Crippen LogP contribution >= 0.6 is 0 Å².